The number of anilines is 1. The molecule has 3 nitrogen and oxygen atoms in total. The minimum Gasteiger partial charge on any atom is -0.508 e. The van der Waals surface area contributed by atoms with Crippen LogP contribution in [0.2, 0.25) is 0 Å². The molecule has 0 spiro atoms. The number of aryl methyl sites for hydroxylation is 1. The average molecular weight is 333 g/mol. The van der Waals surface area contributed by atoms with Crippen LogP contribution in [0.3, 0.4) is 0 Å². The molecule has 1 aliphatic heterocycles. The third kappa shape index (κ3) is 3.32. The van der Waals surface area contributed by atoms with E-state index in [4.69, 9.17) is 0 Å². The summed E-state index contributed by atoms with van der Waals surface area (Å²) < 4.78 is 0. The van der Waals surface area contributed by atoms with Crippen molar-refractivity contribution in [1.82, 2.24) is 0 Å². The molecule has 2 aliphatic rings. The second-order valence-electron chi connectivity index (χ2n) is 6.98. The Labute approximate surface area is 148 Å². The Bertz CT molecular complexity index is 814. The second kappa shape index (κ2) is 6.75. The molecule has 2 aromatic rings. The van der Waals surface area contributed by atoms with Crippen molar-refractivity contribution >= 4 is 17.5 Å². The van der Waals surface area contributed by atoms with Crippen molar-refractivity contribution in [2.75, 3.05) is 18.0 Å². The third-order valence-corrected chi connectivity index (χ3v) is 5.24. The van der Waals surface area contributed by atoms with Gasteiger partial charge in [-0.2, -0.15) is 0 Å². The lowest BCUT2D eigenvalue weighted by Gasteiger charge is -2.28. The van der Waals surface area contributed by atoms with Gasteiger partial charge in [0.15, 0.2) is 5.78 Å². The van der Waals surface area contributed by atoms with Crippen LogP contribution in [-0.2, 0) is 6.42 Å². The molecule has 1 N–H and O–H groups in total. The van der Waals surface area contributed by atoms with E-state index < -0.39 is 0 Å². The van der Waals surface area contributed by atoms with Crippen molar-refractivity contribution in [2.24, 2.45) is 0 Å². The first kappa shape index (κ1) is 15.9. The Morgan fingerprint density at radius 3 is 2.44 bits per heavy atom. The van der Waals surface area contributed by atoms with E-state index in [2.05, 4.69) is 29.2 Å². The number of aromatic hydroxyl groups is 1. The predicted molar refractivity (Wildman–Crippen MR) is 101 cm³/mol. The Kier molecular flexibility index (Phi) is 4.31. The van der Waals surface area contributed by atoms with Gasteiger partial charge in [-0.25, -0.2) is 0 Å². The first-order valence-corrected chi connectivity index (χ1v) is 9.13. The molecule has 0 bridgehead atoms. The molecule has 0 saturated carbocycles. The van der Waals surface area contributed by atoms with Gasteiger partial charge in [0.1, 0.15) is 5.75 Å². The molecule has 0 amide bonds. The van der Waals surface area contributed by atoms with Gasteiger partial charge in [-0.05, 0) is 79.6 Å². The number of nitrogens with zero attached hydrogens (tertiary/aromatic N) is 1. The summed E-state index contributed by atoms with van der Waals surface area (Å²) in [6, 6.07) is 13.6. The molecular formula is C22H23NO2. The molecule has 0 atom stereocenters. The van der Waals surface area contributed by atoms with E-state index in [0.29, 0.717) is 0 Å². The fraction of sp³-hybridized carbons (Fsp3) is 0.318. The average Bonchev–Trinajstić information content (AvgIpc) is 2.65. The molecule has 3 heteroatoms. The molecule has 128 valence electrons. The summed E-state index contributed by atoms with van der Waals surface area (Å²) in [4.78, 5) is 15.1. The van der Waals surface area contributed by atoms with Gasteiger partial charge in [-0.3, -0.25) is 4.79 Å². The number of phenolic OH excluding ortho intramolecular Hbond substituents is 1. The lowest BCUT2D eigenvalue weighted by atomic mass is 9.86. The van der Waals surface area contributed by atoms with Crippen LogP contribution in [0.15, 0.2) is 48.0 Å². The summed E-state index contributed by atoms with van der Waals surface area (Å²) in [5.74, 6) is 0.314. The zero-order valence-corrected chi connectivity index (χ0v) is 14.4. The summed E-state index contributed by atoms with van der Waals surface area (Å²) in [6.07, 6.45) is 7.42. The van der Waals surface area contributed by atoms with Crippen molar-refractivity contribution in [3.8, 4) is 5.75 Å². The Hall–Kier alpha value is -2.55. The van der Waals surface area contributed by atoms with Gasteiger partial charge >= 0.3 is 0 Å². The standard InChI is InChI=1S/C22H23NO2/c24-20-10-11-21-17(15-20)6-7-18(22(21)25)14-16-4-8-19(9-5-16)23-12-2-1-3-13-23/h4-5,8-11,14-15,24H,1-3,6-7,12-13H2/b18-14+. The van der Waals surface area contributed by atoms with Gasteiger partial charge < -0.3 is 10.0 Å². The van der Waals surface area contributed by atoms with E-state index in [0.717, 1.165) is 48.2 Å². The minimum absolute atomic E-state index is 0.0846. The van der Waals surface area contributed by atoms with Gasteiger partial charge in [0, 0.05) is 29.9 Å². The molecule has 0 unspecified atom stereocenters. The first-order valence-electron chi connectivity index (χ1n) is 9.13. The molecule has 1 saturated heterocycles. The predicted octanol–water partition coefficient (Wildman–Crippen LogP) is 4.60. The summed E-state index contributed by atoms with van der Waals surface area (Å²) in [5, 5.41) is 9.58. The van der Waals surface area contributed by atoms with Gasteiger partial charge in [-0.15, -0.1) is 0 Å². The molecule has 1 fully saturated rings. The largest absolute Gasteiger partial charge is 0.508 e. The van der Waals surface area contributed by atoms with Gasteiger partial charge in [0.25, 0.3) is 0 Å². The molecule has 1 heterocycles. The van der Waals surface area contributed by atoms with E-state index in [9.17, 15) is 9.90 Å². The van der Waals surface area contributed by atoms with Crippen LogP contribution in [0.1, 0.15) is 47.2 Å². The zero-order valence-electron chi connectivity index (χ0n) is 14.4. The second-order valence-corrected chi connectivity index (χ2v) is 6.98. The van der Waals surface area contributed by atoms with Gasteiger partial charge in [-0.1, -0.05) is 12.1 Å². The Morgan fingerprint density at radius 1 is 0.920 bits per heavy atom. The number of hydrogen-bond donors (Lipinski definition) is 1. The molecule has 2 aromatic carbocycles. The van der Waals surface area contributed by atoms with Crippen molar-refractivity contribution in [2.45, 2.75) is 32.1 Å². The SMILES string of the molecule is O=C1/C(=C/c2ccc(N3CCCCC3)cc2)CCc2cc(O)ccc21. The van der Waals surface area contributed by atoms with E-state index in [-0.39, 0.29) is 11.5 Å². The lowest BCUT2D eigenvalue weighted by molar-refractivity contribution is 0.102. The van der Waals surface area contributed by atoms with Crippen LogP contribution in [0.5, 0.6) is 5.75 Å². The number of phenols is 1. The number of Topliss-reactive ketones (excluding diaryl/α,β-unsaturated/α-hetero) is 1. The summed E-state index contributed by atoms with van der Waals surface area (Å²) in [5.41, 5.74) is 4.87. The molecular weight excluding hydrogens is 310 g/mol. The van der Waals surface area contributed by atoms with Crippen LogP contribution < -0.4 is 4.90 Å². The van der Waals surface area contributed by atoms with Crippen molar-refractivity contribution < 1.29 is 9.90 Å². The third-order valence-electron chi connectivity index (χ3n) is 5.24. The number of fused-ring (bicyclic) bond motifs is 1. The Balaban J connectivity index is 1.54. The number of ketones is 1. The first-order chi connectivity index (χ1) is 12.2. The monoisotopic (exact) mass is 333 g/mol. The van der Waals surface area contributed by atoms with E-state index in [1.54, 1.807) is 18.2 Å². The zero-order chi connectivity index (χ0) is 17.2. The summed E-state index contributed by atoms with van der Waals surface area (Å²) in [7, 11) is 0. The number of carbonyl (C=O) groups excluding carboxylic acids is 1. The number of carbonyl (C=O) groups is 1. The van der Waals surface area contributed by atoms with Crippen LogP contribution >= 0.6 is 0 Å². The van der Waals surface area contributed by atoms with Crippen LogP contribution in [0.4, 0.5) is 5.69 Å². The van der Waals surface area contributed by atoms with E-state index in [1.165, 1.54) is 24.9 Å². The van der Waals surface area contributed by atoms with Crippen LogP contribution in [0, 0.1) is 0 Å². The maximum Gasteiger partial charge on any atom is 0.189 e. The minimum atomic E-state index is 0.0846. The summed E-state index contributed by atoms with van der Waals surface area (Å²) >= 11 is 0. The number of piperidine rings is 1. The number of benzene rings is 2. The van der Waals surface area contributed by atoms with Crippen LogP contribution in [0.25, 0.3) is 6.08 Å². The van der Waals surface area contributed by atoms with Crippen molar-refractivity contribution in [3.05, 3.63) is 64.7 Å². The number of rotatable bonds is 2. The quantitative estimate of drug-likeness (QED) is 0.817. The molecule has 1 aliphatic carbocycles. The highest BCUT2D eigenvalue weighted by Crippen LogP contribution is 2.29. The highest BCUT2D eigenvalue weighted by molar-refractivity contribution is 6.13. The van der Waals surface area contributed by atoms with E-state index in [1.807, 2.05) is 6.08 Å². The summed E-state index contributed by atoms with van der Waals surface area (Å²) in [6.45, 7) is 2.28. The van der Waals surface area contributed by atoms with E-state index >= 15 is 0 Å². The fourth-order valence-electron chi connectivity index (χ4n) is 3.84. The molecule has 0 radical (unpaired) electrons. The molecule has 4 rings (SSSR count). The lowest BCUT2D eigenvalue weighted by Crippen LogP contribution is -2.29. The van der Waals surface area contributed by atoms with Crippen molar-refractivity contribution in [3.63, 3.8) is 0 Å². The molecule has 25 heavy (non-hydrogen) atoms. The van der Waals surface area contributed by atoms with Crippen molar-refractivity contribution in [1.29, 1.82) is 0 Å². The van der Waals surface area contributed by atoms with Gasteiger partial charge in [0.2, 0.25) is 0 Å². The number of hydrogen-bond acceptors (Lipinski definition) is 3. The Morgan fingerprint density at radius 2 is 1.68 bits per heavy atom. The smallest absolute Gasteiger partial charge is 0.189 e. The fourth-order valence-corrected chi connectivity index (χ4v) is 3.84. The number of allylic oxidation sites excluding steroid dienone is 1. The normalized spacial score (nSPS) is 19.1. The topological polar surface area (TPSA) is 40.5 Å². The van der Waals surface area contributed by atoms with Gasteiger partial charge in [0.05, 0.1) is 0 Å². The maximum absolute atomic E-state index is 12.7. The van der Waals surface area contributed by atoms with Crippen LogP contribution in [-0.4, -0.2) is 24.0 Å². The molecule has 0 aromatic heterocycles. The highest BCUT2D eigenvalue weighted by Gasteiger charge is 2.22. The highest BCUT2D eigenvalue weighted by atomic mass is 16.3. The maximum atomic E-state index is 12.7.